The quantitative estimate of drug-likeness (QED) is 0.739. The molecule has 3 heterocycles. The number of likely N-dealkylation sites (tertiary alicyclic amines) is 1. The summed E-state index contributed by atoms with van der Waals surface area (Å²) in [6, 6.07) is 3.77. The highest BCUT2D eigenvalue weighted by Gasteiger charge is 2.26. The third-order valence-corrected chi connectivity index (χ3v) is 4.39. The van der Waals surface area contributed by atoms with E-state index in [0.29, 0.717) is 35.1 Å². The van der Waals surface area contributed by atoms with Crippen LogP contribution in [0.5, 0.6) is 0 Å². The normalized spacial score (nSPS) is 17.0. The number of hydrogen-bond acceptors (Lipinski definition) is 3. The molecule has 134 valence electrons. The molecule has 26 heavy (non-hydrogen) atoms. The highest BCUT2D eigenvalue weighted by Crippen LogP contribution is 2.26. The number of benzene rings is 1. The first-order valence-corrected chi connectivity index (χ1v) is 8.37. The lowest BCUT2D eigenvalue weighted by molar-refractivity contribution is 0.218. The maximum atomic E-state index is 14.3. The van der Waals surface area contributed by atoms with Crippen molar-refractivity contribution in [1.29, 1.82) is 0 Å². The summed E-state index contributed by atoms with van der Waals surface area (Å²) in [6.45, 7) is 0.429. The molecule has 6 nitrogen and oxygen atoms in total. The summed E-state index contributed by atoms with van der Waals surface area (Å²) in [4.78, 5) is 21.9. The van der Waals surface area contributed by atoms with E-state index < -0.39 is 18.0 Å². The highest BCUT2D eigenvalue weighted by molar-refractivity contribution is 6.30. The van der Waals surface area contributed by atoms with Crippen LogP contribution in [0.1, 0.15) is 6.42 Å². The van der Waals surface area contributed by atoms with E-state index in [1.54, 1.807) is 16.8 Å². The number of carbonyl (C=O) groups is 1. The summed E-state index contributed by atoms with van der Waals surface area (Å²) in [7, 11) is 0. The molecule has 4 rings (SSSR count). The molecule has 1 atom stereocenters. The van der Waals surface area contributed by atoms with Gasteiger partial charge < -0.3 is 10.2 Å². The lowest BCUT2D eigenvalue weighted by Crippen LogP contribution is -2.33. The summed E-state index contributed by atoms with van der Waals surface area (Å²) in [5, 5.41) is 3.10. The van der Waals surface area contributed by atoms with Crippen LogP contribution < -0.4 is 5.32 Å². The summed E-state index contributed by atoms with van der Waals surface area (Å²) in [6.07, 6.45) is 4.01. The standard InChI is InChI=1S/C17H14ClF2N5O/c18-10-6-21-16-23-15(9-25(16)7-10)13-5-12(1-2-14(13)20)22-17(26)24-4-3-11(19)8-24/h1-2,5-7,9,11H,3-4,8H2,(H,22,26)/t11-/m1/s1. The van der Waals surface area contributed by atoms with Gasteiger partial charge in [0.05, 0.1) is 23.5 Å². The van der Waals surface area contributed by atoms with E-state index in [-0.39, 0.29) is 12.1 Å². The Hall–Kier alpha value is -2.74. The average molecular weight is 378 g/mol. The van der Waals surface area contributed by atoms with E-state index in [2.05, 4.69) is 15.3 Å². The van der Waals surface area contributed by atoms with Gasteiger partial charge in [-0.3, -0.25) is 4.40 Å². The maximum absolute atomic E-state index is 14.3. The van der Waals surface area contributed by atoms with Crippen molar-refractivity contribution < 1.29 is 13.6 Å². The Balaban J connectivity index is 1.62. The second-order valence-corrected chi connectivity index (χ2v) is 6.50. The molecule has 0 unspecified atom stereocenters. The highest BCUT2D eigenvalue weighted by atomic mass is 35.5. The number of carbonyl (C=O) groups excluding carboxylic acids is 1. The fraction of sp³-hybridized carbons (Fsp3) is 0.235. The zero-order valence-corrected chi connectivity index (χ0v) is 14.2. The molecule has 2 aromatic heterocycles. The topological polar surface area (TPSA) is 62.5 Å². The number of nitrogens with one attached hydrogen (secondary N) is 1. The van der Waals surface area contributed by atoms with E-state index in [1.165, 1.54) is 29.3 Å². The molecule has 0 aliphatic carbocycles. The second-order valence-electron chi connectivity index (χ2n) is 6.06. The number of amides is 2. The Kier molecular flexibility index (Phi) is 4.20. The lowest BCUT2D eigenvalue weighted by Gasteiger charge is -2.16. The van der Waals surface area contributed by atoms with Crippen molar-refractivity contribution in [3.8, 4) is 11.3 Å². The van der Waals surface area contributed by atoms with Crippen LogP contribution in [0.15, 0.2) is 36.8 Å². The molecule has 0 saturated carbocycles. The zero-order valence-electron chi connectivity index (χ0n) is 13.5. The van der Waals surface area contributed by atoms with Crippen molar-refractivity contribution in [1.82, 2.24) is 19.3 Å². The third kappa shape index (κ3) is 3.20. The van der Waals surface area contributed by atoms with Gasteiger partial charge in [-0.2, -0.15) is 0 Å². The van der Waals surface area contributed by atoms with Gasteiger partial charge in [0.25, 0.3) is 0 Å². The van der Waals surface area contributed by atoms with Crippen LogP contribution in [-0.4, -0.2) is 44.6 Å². The van der Waals surface area contributed by atoms with Crippen LogP contribution >= 0.6 is 11.6 Å². The summed E-state index contributed by atoms with van der Waals surface area (Å²) in [5.41, 5.74) is 0.976. The van der Waals surface area contributed by atoms with E-state index >= 15 is 0 Å². The van der Waals surface area contributed by atoms with Crippen molar-refractivity contribution >= 4 is 29.1 Å². The van der Waals surface area contributed by atoms with Crippen LogP contribution in [0.25, 0.3) is 17.0 Å². The summed E-state index contributed by atoms with van der Waals surface area (Å²) >= 11 is 5.90. The number of fused-ring (bicyclic) bond motifs is 1. The fourth-order valence-corrected chi connectivity index (χ4v) is 3.05. The molecule has 1 N–H and O–H groups in total. The lowest BCUT2D eigenvalue weighted by atomic mass is 10.1. The number of alkyl halides is 1. The number of aromatic nitrogens is 3. The first-order valence-electron chi connectivity index (χ1n) is 8.00. The Morgan fingerprint density at radius 3 is 2.96 bits per heavy atom. The van der Waals surface area contributed by atoms with Crippen molar-refractivity contribution in [3.05, 3.63) is 47.6 Å². The smallest absolute Gasteiger partial charge is 0.321 e. The van der Waals surface area contributed by atoms with Gasteiger partial charge in [0.1, 0.15) is 12.0 Å². The molecule has 1 aromatic carbocycles. The van der Waals surface area contributed by atoms with E-state index in [4.69, 9.17) is 11.6 Å². The number of hydrogen-bond donors (Lipinski definition) is 1. The fourth-order valence-electron chi connectivity index (χ4n) is 2.89. The first-order chi connectivity index (χ1) is 12.5. The third-order valence-electron chi connectivity index (χ3n) is 4.19. The average Bonchev–Trinajstić information content (AvgIpc) is 3.22. The number of anilines is 1. The molecule has 1 fully saturated rings. The van der Waals surface area contributed by atoms with Crippen LogP contribution in [-0.2, 0) is 0 Å². The van der Waals surface area contributed by atoms with Crippen molar-refractivity contribution in [2.24, 2.45) is 0 Å². The van der Waals surface area contributed by atoms with Crippen LogP contribution in [0.3, 0.4) is 0 Å². The summed E-state index contributed by atoms with van der Waals surface area (Å²) in [5.74, 6) is -0.105. The number of rotatable bonds is 2. The van der Waals surface area contributed by atoms with Crippen LogP contribution in [0.2, 0.25) is 5.02 Å². The minimum atomic E-state index is -0.998. The Morgan fingerprint density at radius 1 is 1.35 bits per heavy atom. The number of urea groups is 1. The zero-order chi connectivity index (χ0) is 18.3. The SMILES string of the molecule is O=C(Nc1ccc(F)c(-c2cn3cc(Cl)cnc3n2)c1)N1CC[C@@H](F)C1. The molecule has 1 aliphatic heterocycles. The molecular formula is C17H14ClF2N5O. The summed E-state index contributed by atoms with van der Waals surface area (Å²) < 4.78 is 29.1. The predicted octanol–water partition coefficient (Wildman–Crippen LogP) is 3.76. The number of halogens is 3. The molecule has 3 aromatic rings. The second kappa shape index (κ2) is 6.53. The Morgan fingerprint density at radius 2 is 2.19 bits per heavy atom. The van der Waals surface area contributed by atoms with Crippen molar-refractivity contribution in [2.45, 2.75) is 12.6 Å². The Bertz CT molecular complexity index is 992. The first kappa shape index (κ1) is 16.7. The van der Waals surface area contributed by atoms with Crippen LogP contribution in [0, 0.1) is 5.82 Å². The minimum absolute atomic E-state index is 0.0682. The van der Waals surface area contributed by atoms with E-state index in [9.17, 15) is 13.6 Å². The van der Waals surface area contributed by atoms with Crippen LogP contribution in [0.4, 0.5) is 19.3 Å². The van der Waals surface area contributed by atoms with E-state index in [1.807, 2.05) is 0 Å². The van der Waals surface area contributed by atoms with Gasteiger partial charge >= 0.3 is 6.03 Å². The molecule has 0 bridgehead atoms. The predicted molar refractivity (Wildman–Crippen MR) is 93.5 cm³/mol. The minimum Gasteiger partial charge on any atom is -0.322 e. The van der Waals surface area contributed by atoms with Gasteiger partial charge in [0.2, 0.25) is 5.78 Å². The monoisotopic (exact) mass is 377 g/mol. The van der Waals surface area contributed by atoms with Gasteiger partial charge in [0.15, 0.2) is 0 Å². The molecule has 1 aliphatic rings. The van der Waals surface area contributed by atoms with Gasteiger partial charge in [-0.25, -0.2) is 23.5 Å². The van der Waals surface area contributed by atoms with Gasteiger partial charge in [-0.15, -0.1) is 0 Å². The maximum Gasteiger partial charge on any atom is 0.321 e. The largest absolute Gasteiger partial charge is 0.322 e. The number of imidazole rings is 1. The molecule has 2 amide bonds. The molecule has 0 spiro atoms. The molecule has 0 radical (unpaired) electrons. The van der Waals surface area contributed by atoms with Crippen molar-refractivity contribution in [3.63, 3.8) is 0 Å². The van der Waals surface area contributed by atoms with E-state index in [0.717, 1.165) is 0 Å². The van der Waals surface area contributed by atoms with Gasteiger partial charge in [0, 0.05) is 30.2 Å². The van der Waals surface area contributed by atoms with Gasteiger partial charge in [-0.1, -0.05) is 11.6 Å². The number of nitrogens with zero attached hydrogens (tertiary/aromatic N) is 4. The molecular weight excluding hydrogens is 364 g/mol. The van der Waals surface area contributed by atoms with Crippen molar-refractivity contribution in [2.75, 3.05) is 18.4 Å². The Labute approximate surface area is 152 Å². The molecule has 1 saturated heterocycles. The molecule has 9 heteroatoms. The van der Waals surface area contributed by atoms with Gasteiger partial charge in [-0.05, 0) is 24.6 Å².